The van der Waals surface area contributed by atoms with Crippen LogP contribution in [-0.4, -0.2) is 118 Å². The summed E-state index contributed by atoms with van der Waals surface area (Å²) in [5.74, 6) is -0.946. The molecular weight excluding hydrogens is 624 g/mol. The van der Waals surface area contributed by atoms with Crippen molar-refractivity contribution in [3.63, 3.8) is 0 Å². The van der Waals surface area contributed by atoms with Gasteiger partial charge < -0.3 is 44.1 Å². The Bertz CT molecular complexity index is 1020. The van der Waals surface area contributed by atoms with Crippen molar-refractivity contribution in [2.24, 2.45) is 0 Å². The molecule has 280 valence electrons. The Morgan fingerprint density at radius 2 is 0.792 bits per heavy atom. The summed E-state index contributed by atoms with van der Waals surface area (Å²) >= 11 is 0. The third-order valence-corrected chi connectivity index (χ3v) is 6.01. The number of alkyl carbamates (subject to hydrolysis) is 1. The lowest BCUT2D eigenvalue weighted by Crippen LogP contribution is -2.42. The SMILES string of the molecule is CC(C)(C)OC(=O)NCCCN(CCCCN(CCCN(CCCC(=O)O)C(=O)OC(C)(C)C)C(=O)OC(C)(C)C)C(=O)OC(C)(C)C. The van der Waals surface area contributed by atoms with E-state index in [1.54, 1.807) is 92.9 Å². The molecular formula is C34H64N4O10. The normalized spacial score (nSPS) is 12.1. The molecule has 0 fully saturated rings. The van der Waals surface area contributed by atoms with E-state index >= 15 is 0 Å². The lowest BCUT2D eigenvalue weighted by molar-refractivity contribution is -0.137. The van der Waals surface area contributed by atoms with E-state index < -0.39 is 52.7 Å². The maximum atomic E-state index is 13.1. The van der Waals surface area contributed by atoms with Crippen LogP contribution in [0.4, 0.5) is 19.2 Å². The van der Waals surface area contributed by atoms with E-state index in [2.05, 4.69) is 5.32 Å². The Labute approximate surface area is 288 Å². The van der Waals surface area contributed by atoms with Crippen molar-refractivity contribution >= 4 is 30.3 Å². The molecule has 0 aliphatic carbocycles. The molecule has 0 atom stereocenters. The van der Waals surface area contributed by atoms with Gasteiger partial charge in [0.15, 0.2) is 0 Å². The highest BCUT2D eigenvalue weighted by Crippen LogP contribution is 2.15. The van der Waals surface area contributed by atoms with E-state index in [1.165, 1.54) is 4.90 Å². The fourth-order valence-corrected chi connectivity index (χ4v) is 4.12. The quantitative estimate of drug-likeness (QED) is 0.125. The summed E-state index contributed by atoms with van der Waals surface area (Å²) in [6, 6.07) is 0. The van der Waals surface area contributed by atoms with Crippen molar-refractivity contribution < 1.29 is 48.0 Å². The van der Waals surface area contributed by atoms with Crippen LogP contribution >= 0.6 is 0 Å². The summed E-state index contributed by atoms with van der Waals surface area (Å²) in [4.78, 5) is 66.5. The fourth-order valence-electron chi connectivity index (χ4n) is 4.12. The zero-order valence-electron chi connectivity index (χ0n) is 31.7. The van der Waals surface area contributed by atoms with Gasteiger partial charge in [0.05, 0.1) is 0 Å². The number of unbranched alkanes of at least 4 members (excludes halogenated alkanes) is 1. The number of carbonyl (C=O) groups is 5. The van der Waals surface area contributed by atoms with Crippen LogP contribution in [0.15, 0.2) is 0 Å². The Kier molecular flexibility index (Phi) is 18.7. The zero-order chi connectivity index (χ0) is 37.3. The minimum atomic E-state index is -0.946. The van der Waals surface area contributed by atoms with Gasteiger partial charge in [-0.15, -0.1) is 0 Å². The number of rotatable bonds is 17. The molecule has 0 aliphatic heterocycles. The molecule has 0 aliphatic rings. The molecule has 14 heteroatoms. The van der Waals surface area contributed by atoms with Gasteiger partial charge in [0.1, 0.15) is 22.4 Å². The topological polar surface area (TPSA) is 164 Å². The minimum absolute atomic E-state index is 0.0795. The van der Waals surface area contributed by atoms with Gasteiger partial charge in [-0.25, -0.2) is 19.2 Å². The Balaban J connectivity index is 5.40. The van der Waals surface area contributed by atoms with Crippen molar-refractivity contribution in [1.82, 2.24) is 20.0 Å². The number of amides is 4. The Morgan fingerprint density at radius 1 is 0.479 bits per heavy atom. The number of carboxylic acid groups (broad SMARTS) is 1. The van der Waals surface area contributed by atoms with Crippen LogP contribution in [0.1, 0.15) is 122 Å². The van der Waals surface area contributed by atoms with Crippen molar-refractivity contribution in [2.45, 2.75) is 144 Å². The molecule has 0 rings (SSSR count). The molecule has 4 amide bonds. The van der Waals surface area contributed by atoms with Crippen molar-refractivity contribution in [2.75, 3.05) is 45.8 Å². The summed E-state index contributed by atoms with van der Waals surface area (Å²) in [5.41, 5.74) is -2.72. The summed E-state index contributed by atoms with van der Waals surface area (Å²) < 4.78 is 22.0. The molecule has 0 radical (unpaired) electrons. The minimum Gasteiger partial charge on any atom is -0.481 e. The molecule has 0 bridgehead atoms. The Morgan fingerprint density at radius 3 is 1.12 bits per heavy atom. The number of nitrogens with zero attached hydrogens (tertiary/aromatic N) is 3. The molecule has 0 saturated heterocycles. The first kappa shape index (κ1) is 44.5. The predicted octanol–water partition coefficient (Wildman–Crippen LogP) is 6.65. The van der Waals surface area contributed by atoms with E-state index in [4.69, 9.17) is 24.1 Å². The first-order chi connectivity index (χ1) is 21.8. The van der Waals surface area contributed by atoms with Gasteiger partial charge in [-0.3, -0.25) is 4.79 Å². The van der Waals surface area contributed by atoms with Crippen LogP contribution in [0, 0.1) is 0 Å². The third-order valence-electron chi connectivity index (χ3n) is 6.01. The van der Waals surface area contributed by atoms with Crippen LogP contribution in [0.5, 0.6) is 0 Å². The van der Waals surface area contributed by atoms with E-state index in [9.17, 15) is 24.0 Å². The second kappa shape index (κ2) is 20.2. The van der Waals surface area contributed by atoms with E-state index in [0.29, 0.717) is 58.4 Å². The highest BCUT2D eigenvalue weighted by atomic mass is 16.6. The first-order valence-electron chi connectivity index (χ1n) is 16.9. The molecule has 0 spiro atoms. The molecule has 0 aromatic rings. The second-order valence-corrected chi connectivity index (χ2v) is 15.7. The van der Waals surface area contributed by atoms with E-state index in [0.717, 1.165) is 0 Å². The van der Waals surface area contributed by atoms with Crippen molar-refractivity contribution in [3.05, 3.63) is 0 Å². The average molecular weight is 689 g/mol. The number of carbonyl (C=O) groups excluding carboxylic acids is 4. The van der Waals surface area contributed by atoms with Crippen molar-refractivity contribution in [3.8, 4) is 0 Å². The number of hydrogen-bond donors (Lipinski definition) is 2. The monoisotopic (exact) mass is 688 g/mol. The molecule has 0 heterocycles. The highest BCUT2D eigenvalue weighted by molar-refractivity contribution is 5.70. The zero-order valence-corrected chi connectivity index (χ0v) is 31.7. The fraction of sp³-hybridized carbons (Fsp3) is 0.853. The first-order valence-corrected chi connectivity index (χ1v) is 16.9. The highest BCUT2D eigenvalue weighted by Gasteiger charge is 2.26. The van der Waals surface area contributed by atoms with Gasteiger partial charge in [-0.2, -0.15) is 0 Å². The lowest BCUT2D eigenvalue weighted by atomic mass is 10.2. The number of aliphatic carboxylic acids is 1. The van der Waals surface area contributed by atoms with Gasteiger partial charge in [-0.1, -0.05) is 0 Å². The van der Waals surface area contributed by atoms with Crippen LogP contribution < -0.4 is 5.32 Å². The largest absolute Gasteiger partial charge is 0.481 e. The van der Waals surface area contributed by atoms with Gasteiger partial charge in [-0.05, 0) is 115 Å². The van der Waals surface area contributed by atoms with Crippen LogP contribution in [-0.2, 0) is 23.7 Å². The molecule has 0 saturated carbocycles. The van der Waals surface area contributed by atoms with Crippen LogP contribution in [0.25, 0.3) is 0 Å². The average Bonchev–Trinajstić information content (AvgIpc) is 2.85. The van der Waals surface area contributed by atoms with Crippen molar-refractivity contribution in [1.29, 1.82) is 0 Å². The lowest BCUT2D eigenvalue weighted by Gasteiger charge is -2.30. The number of carboxylic acids is 1. The van der Waals surface area contributed by atoms with E-state index in [-0.39, 0.29) is 25.9 Å². The molecule has 0 unspecified atom stereocenters. The van der Waals surface area contributed by atoms with Gasteiger partial charge in [0.25, 0.3) is 0 Å². The maximum absolute atomic E-state index is 13.1. The molecule has 2 N–H and O–H groups in total. The summed E-state index contributed by atoms with van der Waals surface area (Å²) in [5, 5.41) is 11.7. The molecule has 14 nitrogen and oxygen atoms in total. The van der Waals surface area contributed by atoms with Gasteiger partial charge in [0, 0.05) is 52.2 Å². The number of nitrogens with one attached hydrogen (secondary N) is 1. The summed E-state index contributed by atoms with van der Waals surface area (Å²) in [6.45, 7) is 23.5. The predicted molar refractivity (Wildman–Crippen MR) is 183 cm³/mol. The standard InChI is InChI=1S/C34H64N4O10/c1-31(2,3)45-27(41)35-19-16-23-36(28(42)46-32(4,5)6)20-13-14-21-37(29(43)47-33(7,8)9)24-17-25-38(22-15-18-26(39)40)30(44)48-34(10,11)12/h13-25H2,1-12H3,(H,35,41)(H,39,40). The third kappa shape index (κ3) is 24.7. The summed E-state index contributed by atoms with van der Waals surface area (Å²) in [7, 11) is 0. The van der Waals surface area contributed by atoms with Gasteiger partial charge >= 0.3 is 30.3 Å². The number of ether oxygens (including phenoxy) is 4. The smallest absolute Gasteiger partial charge is 0.410 e. The number of hydrogen-bond acceptors (Lipinski definition) is 9. The molecule has 0 aromatic carbocycles. The van der Waals surface area contributed by atoms with E-state index in [1.807, 2.05) is 0 Å². The Hall–Kier alpha value is -3.45. The summed E-state index contributed by atoms with van der Waals surface area (Å²) in [6.07, 6.45) is 0.204. The molecule has 0 aromatic heterocycles. The van der Waals surface area contributed by atoms with Crippen LogP contribution in [0.3, 0.4) is 0 Å². The van der Waals surface area contributed by atoms with Crippen LogP contribution in [0.2, 0.25) is 0 Å². The second-order valence-electron chi connectivity index (χ2n) is 15.7. The molecule has 48 heavy (non-hydrogen) atoms. The maximum Gasteiger partial charge on any atom is 0.410 e. The van der Waals surface area contributed by atoms with Gasteiger partial charge in [0.2, 0.25) is 0 Å².